The fraction of sp³-hybridized carbons (Fsp3) is 0.500. The molecule has 1 aliphatic carbocycles. The van der Waals surface area contributed by atoms with Crippen LogP contribution in [0.25, 0.3) is 0 Å². The number of pyridine rings is 1. The monoisotopic (exact) mass is 251 g/mol. The normalized spacial score (nSPS) is 22.9. The maximum Gasteiger partial charge on any atom is 0.138 e. The first-order valence-corrected chi connectivity index (χ1v) is 6.12. The van der Waals surface area contributed by atoms with Gasteiger partial charge >= 0.3 is 0 Å². The Bertz CT molecular complexity index is 418. The van der Waals surface area contributed by atoms with Gasteiger partial charge in [-0.1, -0.05) is 12.2 Å². The predicted octanol–water partition coefficient (Wildman–Crippen LogP) is 0.923. The molecule has 0 radical (unpaired) electrons. The molecule has 1 fully saturated rings. The molecule has 1 aromatic heterocycles. The minimum Gasteiger partial charge on any atom is -0.393 e. The Balaban J connectivity index is 2.08. The molecule has 0 atom stereocenters. The van der Waals surface area contributed by atoms with Crippen molar-refractivity contribution in [3.05, 3.63) is 23.9 Å². The summed E-state index contributed by atoms with van der Waals surface area (Å²) < 4.78 is 0. The van der Waals surface area contributed by atoms with E-state index >= 15 is 0 Å². The van der Waals surface area contributed by atoms with Gasteiger partial charge in [-0.05, 0) is 30.9 Å². The molecule has 1 aliphatic rings. The van der Waals surface area contributed by atoms with E-state index in [-0.39, 0.29) is 6.10 Å². The second kappa shape index (κ2) is 4.98. The zero-order valence-electron chi connectivity index (χ0n) is 9.84. The summed E-state index contributed by atoms with van der Waals surface area (Å²) in [4.78, 5) is 6.76. The second-order valence-electron chi connectivity index (χ2n) is 4.61. The van der Waals surface area contributed by atoms with E-state index in [4.69, 9.17) is 18.0 Å². The van der Waals surface area contributed by atoms with Gasteiger partial charge in [0.15, 0.2) is 0 Å². The highest BCUT2D eigenvalue weighted by Gasteiger charge is 2.28. The molecule has 3 N–H and O–H groups in total. The molecule has 1 saturated carbocycles. The largest absolute Gasteiger partial charge is 0.393 e. The molecule has 0 spiro atoms. The van der Waals surface area contributed by atoms with E-state index in [0.29, 0.717) is 10.9 Å². The van der Waals surface area contributed by atoms with E-state index in [9.17, 15) is 5.11 Å². The van der Waals surface area contributed by atoms with Crippen LogP contribution < -0.4 is 10.6 Å². The van der Waals surface area contributed by atoms with Gasteiger partial charge in [-0.3, -0.25) is 0 Å². The summed E-state index contributed by atoms with van der Waals surface area (Å²) in [7, 11) is 1.98. The number of hydrogen-bond acceptors (Lipinski definition) is 4. The summed E-state index contributed by atoms with van der Waals surface area (Å²) in [6.45, 7) is 0.879. The predicted molar refractivity (Wildman–Crippen MR) is 72.1 cm³/mol. The lowest BCUT2D eigenvalue weighted by atomic mass is 9.82. The third kappa shape index (κ3) is 2.73. The van der Waals surface area contributed by atoms with Crippen molar-refractivity contribution < 1.29 is 5.11 Å². The number of anilines is 1. The molecule has 17 heavy (non-hydrogen) atoms. The average Bonchev–Trinajstić information content (AvgIpc) is 2.27. The molecule has 0 aromatic carbocycles. The fourth-order valence-electron chi connectivity index (χ4n) is 2.22. The van der Waals surface area contributed by atoms with Gasteiger partial charge in [0, 0.05) is 19.8 Å². The van der Waals surface area contributed by atoms with Gasteiger partial charge in [0.05, 0.1) is 11.7 Å². The maximum absolute atomic E-state index is 9.27. The highest BCUT2D eigenvalue weighted by Crippen LogP contribution is 2.29. The minimum absolute atomic E-state index is 0.118. The van der Waals surface area contributed by atoms with Crippen LogP contribution in [0.5, 0.6) is 0 Å². The summed E-state index contributed by atoms with van der Waals surface area (Å²) in [6, 6.07) is 3.72. The molecule has 4 nitrogen and oxygen atoms in total. The van der Waals surface area contributed by atoms with Crippen molar-refractivity contribution in [1.82, 2.24) is 4.98 Å². The first-order valence-electron chi connectivity index (χ1n) is 5.72. The molecule has 0 saturated heterocycles. The average molecular weight is 251 g/mol. The second-order valence-corrected chi connectivity index (χ2v) is 5.05. The molecule has 1 heterocycles. The van der Waals surface area contributed by atoms with Crippen molar-refractivity contribution in [2.75, 3.05) is 18.5 Å². The van der Waals surface area contributed by atoms with Crippen molar-refractivity contribution in [2.24, 2.45) is 11.7 Å². The van der Waals surface area contributed by atoms with Crippen LogP contribution in [-0.2, 0) is 0 Å². The van der Waals surface area contributed by atoms with Crippen LogP contribution in [0, 0.1) is 5.92 Å². The summed E-state index contributed by atoms with van der Waals surface area (Å²) in [5.74, 6) is 1.36. The molecule has 92 valence electrons. The van der Waals surface area contributed by atoms with Crippen molar-refractivity contribution in [2.45, 2.75) is 18.9 Å². The third-order valence-electron chi connectivity index (χ3n) is 3.16. The van der Waals surface area contributed by atoms with Gasteiger partial charge in [0.25, 0.3) is 0 Å². The zero-order valence-corrected chi connectivity index (χ0v) is 10.7. The van der Waals surface area contributed by atoms with E-state index in [0.717, 1.165) is 30.8 Å². The lowest BCUT2D eigenvalue weighted by molar-refractivity contribution is 0.0464. The quantitative estimate of drug-likeness (QED) is 0.779. The minimum atomic E-state index is -0.118. The first kappa shape index (κ1) is 12.3. The van der Waals surface area contributed by atoms with Crippen LogP contribution in [0.2, 0.25) is 0 Å². The Morgan fingerprint density at radius 3 is 2.94 bits per heavy atom. The Hall–Kier alpha value is -1.20. The Morgan fingerprint density at radius 1 is 1.65 bits per heavy atom. The molecule has 0 aliphatic heterocycles. The summed E-state index contributed by atoms with van der Waals surface area (Å²) >= 11 is 5.01. The zero-order chi connectivity index (χ0) is 12.4. The Kier molecular flexibility index (Phi) is 3.59. The van der Waals surface area contributed by atoms with E-state index in [1.165, 1.54) is 0 Å². The van der Waals surface area contributed by atoms with Crippen molar-refractivity contribution in [1.29, 1.82) is 0 Å². The lowest BCUT2D eigenvalue weighted by Gasteiger charge is -2.35. The van der Waals surface area contributed by atoms with Crippen LogP contribution in [0.4, 0.5) is 5.82 Å². The van der Waals surface area contributed by atoms with Gasteiger partial charge in [0.1, 0.15) is 10.8 Å². The van der Waals surface area contributed by atoms with Gasteiger partial charge in [-0.15, -0.1) is 0 Å². The van der Waals surface area contributed by atoms with Gasteiger partial charge < -0.3 is 15.7 Å². The summed E-state index contributed by atoms with van der Waals surface area (Å²) in [5, 5.41) is 9.27. The van der Waals surface area contributed by atoms with Gasteiger partial charge in [0.2, 0.25) is 0 Å². The van der Waals surface area contributed by atoms with E-state index in [1.54, 1.807) is 6.20 Å². The molecule has 0 unspecified atom stereocenters. The van der Waals surface area contributed by atoms with Crippen molar-refractivity contribution in [3.63, 3.8) is 0 Å². The van der Waals surface area contributed by atoms with Crippen LogP contribution in [0.15, 0.2) is 18.3 Å². The molecule has 0 bridgehead atoms. The van der Waals surface area contributed by atoms with E-state index in [1.807, 2.05) is 19.2 Å². The van der Waals surface area contributed by atoms with E-state index in [2.05, 4.69) is 9.88 Å². The number of aromatic nitrogens is 1. The van der Waals surface area contributed by atoms with Crippen LogP contribution in [-0.4, -0.2) is 34.8 Å². The number of nitrogens with zero attached hydrogens (tertiary/aromatic N) is 2. The molecule has 5 heteroatoms. The van der Waals surface area contributed by atoms with Crippen molar-refractivity contribution >= 4 is 23.0 Å². The molecule has 2 rings (SSSR count). The maximum atomic E-state index is 9.27. The van der Waals surface area contributed by atoms with Crippen molar-refractivity contribution in [3.8, 4) is 0 Å². The number of thiocarbonyl (C=S) groups is 1. The summed E-state index contributed by atoms with van der Waals surface area (Å²) in [6.07, 6.45) is 3.37. The number of aliphatic hydroxyl groups is 1. The topological polar surface area (TPSA) is 62.4 Å². The highest BCUT2D eigenvalue weighted by molar-refractivity contribution is 7.80. The number of aliphatic hydroxyl groups excluding tert-OH is 1. The molecular formula is C12H17N3OS. The van der Waals surface area contributed by atoms with Gasteiger partial charge in [-0.2, -0.15) is 0 Å². The summed E-state index contributed by atoms with van der Waals surface area (Å²) in [5.41, 5.74) is 6.49. The Morgan fingerprint density at radius 2 is 2.35 bits per heavy atom. The number of nitrogens with two attached hydrogens (primary N) is 1. The van der Waals surface area contributed by atoms with E-state index < -0.39 is 0 Å². The van der Waals surface area contributed by atoms with Crippen LogP contribution >= 0.6 is 12.2 Å². The molecular weight excluding hydrogens is 234 g/mol. The standard InChI is InChI=1S/C12H17N3OS/c1-15(7-8-5-9(16)6-8)12-10(11(13)17)3-2-4-14-12/h2-4,8-9,16H,5-7H2,1H3,(H2,13,17). The fourth-order valence-corrected chi connectivity index (χ4v) is 2.38. The SMILES string of the molecule is CN(CC1CC(O)C1)c1ncccc1C(N)=S. The smallest absolute Gasteiger partial charge is 0.138 e. The van der Waals surface area contributed by atoms with Gasteiger partial charge in [-0.25, -0.2) is 4.98 Å². The Labute approximate surface area is 106 Å². The molecule has 0 amide bonds. The third-order valence-corrected chi connectivity index (χ3v) is 3.38. The lowest BCUT2D eigenvalue weighted by Crippen LogP contribution is -2.38. The number of hydrogen-bond donors (Lipinski definition) is 2. The van der Waals surface area contributed by atoms with Crippen LogP contribution in [0.1, 0.15) is 18.4 Å². The van der Waals surface area contributed by atoms with Crippen LogP contribution in [0.3, 0.4) is 0 Å². The first-order chi connectivity index (χ1) is 8.08. The molecule has 1 aromatic rings. The number of rotatable bonds is 4. The highest BCUT2D eigenvalue weighted by atomic mass is 32.1.